The quantitative estimate of drug-likeness (QED) is 0.784. The van der Waals surface area contributed by atoms with Gasteiger partial charge in [-0.3, -0.25) is 0 Å². The minimum atomic E-state index is 0.126. The second kappa shape index (κ2) is 7.87. The standard InChI is InChI=1S/C14H26N2OS/c1-6-8-11-12(9-15-7-2)18-14(16-11)13(17-5)10(3)4/h10,13,15H,6-9H2,1-5H3. The highest BCUT2D eigenvalue weighted by Gasteiger charge is 2.21. The van der Waals surface area contributed by atoms with Crippen LogP contribution in [0.25, 0.3) is 0 Å². The van der Waals surface area contributed by atoms with Crippen LogP contribution in [0.2, 0.25) is 0 Å². The Hall–Kier alpha value is -0.450. The molecule has 0 saturated heterocycles. The maximum Gasteiger partial charge on any atom is 0.122 e. The van der Waals surface area contributed by atoms with Crippen LogP contribution >= 0.6 is 11.3 Å². The number of rotatable bonds is 8. The second-order valence-corrected chi connectivity index (χ2v) is 5.97. The maximum atomic E-state index is 5.58. The Kier molecular flexibility index (Phi) is 6.82. The van der Waals surface area contributed by atoms with Gasteiger partial charge in [-0.25, -0.2) is 4.98 Å². The van der Waals surface area contributed by atoms with E-state index in [9.17, 15) is 0 Å². The van der Waals surface area contributed by atoms with Gasteiger partial charge in [-0.15, -0.1) is 11.3 Å². The first-order valence-corrected chi connectivity index (χ1v) is 7.67. The molecule has 0 radical (unpaired) electrons. The summed E-state index contributed by atoms with van der Waals surface area (Å²) in [6.07, 6.45) is 2.33. The molecule has 4 heteroatoms. The Labute approximate surface area is 115 Å². The van der Waals surface area contributed by atoms with Crippen LogP contribution in [-0.4, -0.2) is 18.6 Å². The zero-order valence-corrected chi connectivity index (χ0v) is 13.1. The monoisotopic (exact) mass is 270 g/mol. The lowest BCUT2D eigenvalue weighted by atomic mass is 10.1. The van der Waals surface area contributed by atoms with E-state index >= 15 is 0 Å². The zero-order chi connectivity index (χ0) is 13.5. The molecule has 0 spiro atoms. The molecule has 104 valence electrons. The van der Waals surface area contributed by atoms with Crippen molar-refractivity contribution in [1.82, 2.24) is 10.3 Å². The molecule has 0 amide bonds. The molecule has 0 bridgehead atoms. The Morgan fingerprint density at radius 1 is 1.33 bits per heavy atom. The van der Waals surface area contributed by atoms with Crippen molar-refractivity contribution in [3.05, 3.63) is 15.6 Å². The van der Waals surface area contributed by atoms with E-state index < -0.39 is 0 Å². The molecule has 0 aliphatic heterocycles. The first-order valence-electron chi connectivity index (χ1n) is 6.85. The number of aromatic nitrogens is 1. The highest BCUT2D eigenvalue weighted by atomic mass is 32.1. The largest absolute Gasteiger partial charge is 0.374 e. The average molecular weight is 270 g/mol. The highest BCUT2D eigenvalue weighted by molar-refractivity contribution is 7.11. The molecule has 0 aromatic carbocycles. The molecular weight excluding hydrogens is 244 g/mol. The van der Waals surface area contributed by atoms with Crippen molar-refractivity contribution in [2.45, 2.75) is 53.2 Å². The molecule has 3 nitrogen and oxygen atoms in total. The van der Waals surface area contributed by atoms with E-state index in [0.29, 0.717) is 5.92 Å². The first kappa shape index (κ1) is 15.6. The minimum Gasteiger partial charge on any atom is -0.374 e. The van der Waals surface area contributed by atoms with Gasteiger partial charge >= 0.3 is 0 Å². The number of hydrogen-bond acceptors (Lipinski definition) is 4. The molecule has 18 heavy (non-hydrogen) atoms. The van der Waals surface area contributed by atoms with Crippen LogP contribution < -0.4 is 5.32 Å². The molecule has 0 aliphatic rings. The number of nitrogens with one attached hydrogen (secondary N) is 1. The van der Waals surface area contributed by atoms with Gasteiger partial charge < -0.3 is 10.1 Å². The van der Waals surface area contributed by atoms with Gasteiger partial charge in [0, 0.05) is 18.5 Å². The van der Waals surface area contributed by atoms with Crippen LogP contribution in [0.4, 0.5) is 0 Å². The molecule has 1 heterocycles. The van der Waals surface area contributed by atoms with Crippen LogP contribution in [0.3, 0.4) is 0 Å². The van der Waals surface area contributed by atoms with Gasteiger partial charge in [0.05, 0.1) is 5.69 Å². The Balaban J connectivity index is 2.92. The number of ether oxygens (including phenoxy) is 1. The molecule has 1 aromatic rings. The van der Waals surface area contributed by atoms with Crippen LogP contribution in [-0.2, 0) is 17.7 Å². The predicted octanol–water partition coefficient (Wildman–Crippen LogP) is 3.55. The Bertz CT molecular complexity index is 350. The third-order valence-electron chi connectivity index (χ3n) is 2.92. The molecule has 1 rings (SSSR count). The number of thiazole rings is 1. The predicted molar refractivity (Wildman–Crippen MR) is 78.1 cm³/mol. The van der Waals surface area contributed by atoms with Crippen molar-refractivity contribution in [3.8, 4) is 0 Å². The summed E-state index contributed by atoms with van der Waals surface area (Å²) in [4.78, 5) is 6.17. The van der Waals surface area contributed by atoms with Gasteiger partial charge in [0.1, 0.15) is 11.1 Å². The number of methoxy groups -OCH3 is 1. The van der Waals surface area contributed by atoms with E-state index in [4.69, 9.17) is 9.72 Å². The fourth-order valence-corrected chi connectivity index (χ4v) is 3.32. The first-order chi connectivity index (χ1) is 8.63. The molecule has 0 saturated carbocycles. The molecule has 0 aliphatic carbocycles. The van der Waals surface area contributed by atoms with E-state index in [-0.39, 0.29) is 6.10 Å². The van der Waals surface area contributed by atoms with Gasteiger partial charge in [-0.05, 0) is 18.9 Å². The van der Waals surface area contributed by atoms with Crippen molar-refractivity contribution in [2.24, 2.45) is 5.92 Å². The minimum absolute atomic E-state index is 0.126. The molecule has 1 atom stereocenters. The van der Waals surface area contributed by atoms with Gasteiger partial charge in [-0.2, -0.15) is 0 Å². The van der Waals surface area contributed by atoms with E-state index in [0.717, 1.165) is 30.9 Å². The fraction of sp³-hybridized carbons (Fsp3) is 0.786. The number of hydrogen-bond donors (Lipinski definition) is 1. The van der Waals surface area contributed by atoms with Crippen LogP contribution in [0.15, 0.2) is 0 Å². The SMILES string of the molecule is CCCc1nc(C(OC)C(C)C)sc1CNCC. The van der Waals surface area contributed by atoms with E-state index in [1.165, 1.54) is 10.6 Å². The summed E-state index contributed by atoms with van der Waals surface area (Å²) in [5, 5.41) is 4.52. The maximum absolute atomic E-state index is 5.58. The molecule has 1 unspecified atom stereocenters. The summed E-state index contributed by atoms with van der Waals surface area (Å²) in [5.41, 5.74) is 1.25. The fourth-order valence-electron chi connectivity index (χ4n) is 1.99. The summed E-state index contributed by atoms with van der Waals surface area (Å²) < 4.78 is 5.58. The van der Waals surface area contributed by atoms with Gasteiger partial charge in [0.25, 0.3) is 0 Å². The normalized spacial score (nSPS) is 13.2. The lowest BCUT2D eigenvalue weighted by Gasteiger charge is -2.16. The van der Waals surface area contributed by atoms with E-state index in [2.05, 4.69) is 33.0 Å². The average Bonchev–Trinajstić information content (AvgIpc) is 2.70. The lowest BCUT2D eigenvalue weighted by Crippen LogP contribution is -2.11. The third-order valence-corrected chi connectivity index (χ3v) is 4.08. The number of aryl methyl sites for hydroxylation is 1. The Morgan fingerprint density at radius 3 is 2.56 bits per heavy atom. The van der Waals surface area contributed by atoms with Crippen molar-refractivity contribution >= 4 is 11.3 Å². The van der Waals surface area contributed by atoms with Crippen molar-refractivity contribution in [1.29, 1.82) is 0 Å². The van der Waals surface area contributed by atoms with Crippen LogP contribution in [0.5, 0.6) is 0 Å². The van der Waals surface area contributed by atoms with Gasteiger partial charge in [0.2, 0.25) is 0 Å². The van der Waals surface area contributed by atoms with Crippen LogP contribution in [0.1, 0.15) is 55.8 Å². The summed E-state index contributed by atoms with van der Waals surface area (Å²) in [5.74, 6) is 0.461. The topological polar surface area (TPSA) is 34.1 Å². The highest BCUT2D eigenvalue weighted by Crippen LogP contribution is 2.31. The van der Waals surface area contributed by atoms with Crippen molar-refractivity contribution in [2.75, 3.05) is 13.7 Å². The second-order valence-electron chi connectivity index (χ2n) is 4.85. The summed E-state index contributed by atoms with van der Waals surface area (Å²) in [6.45, 7) is 10.6. The van der Waals surface area contributed by atoms with Gasteiger partial charge in [-0.1, -0.05) is 34.1 Å². The molecule has 1 aromatic heterocycles. The van der Waals surface area contributed by atoms with Crippen LogP contribution in [0, 0.1) is 5.92 Å². The van der Waals surface area contributed by atoms with Crippen molar-refractivity contribution in [3.63, 3.8) is 0 Å². The smallest absolute Gasteiger partial charge is 0.122 e. The zero-order valence-electron chi connectivity index (χ0n) is 12.2. The lowest BCUT2D eigenvalue weighted by molar-refractivity contribution is 0.0643. The Morgan fingerprint density at radius 2 is 2.06 bits per heavy atom. The third kappa shape index (κ3) is 4.04. The van der Waals surface area contributed by atoms with E-state index in [1.54, 1.807) is 18.4 Å². The number of nitrogens with zero attached hydrogens (tertiary/aromatic N) is 1. The summed E-state index contributed by atoms with van der Waals surface area (Å²) in [7, 11) is 1.77. The molecular formula is C14H26N2OS. The van der Waals surface area contributed by atoms with E-state index in [1.807, 2.05) is 0 Å². The van der Waals surface area contributed by atoms with Crippen molar-refractivity contribution < 1.29 is 4.74 Å². The molecule has 1 N–H and O–H groups in total. The summed E-state index contributed by atoms with van der Waals surface area (Å²) in [6, 6.07) is 0. The molecule has 0 fully saturated rings. The van der Waals surface area contributed by atoms with Gasteiger partial charge in [0.15, 0.2) is 0 Å². The summed E-state index contributed by atoms with van der Waals surface area (Å²) >= 11 is 1.80.